The lowest BCUT2D eigenvalue weighted by Gasteiger charge is -2.27. The van der Waals surface area contributed by atoms with Crippen molar-refractivity contribution in [2.45, 2.75) is 32.0 Å². The summed E-state index contributed by atoms with van der Waals surface area (Å²) in [5.74, 6) is -3.92. The maximum atomic E-state index is 14.1. The number of carbonyl (C=O) groups is 2. The molecule has 1 aromatic heterocycles. The quantitative estimate of drug-likeness (QED) is 0.530. The van der Waals surface area contributed by atoms with Crippen LogP contribution >= 0.6 is 0 Å². The molecule has 1 atom stereocenters. The van der Waals surface area contributed by atoms with Crippen LogP contribution in [0, 0.1) is 17.5 Å². The SMILES string of the molecule is N[C@@H](CC(=O)N1Cc2ccccc2-n2cnc(C(=O)N3CCOCC3)c2C1)Cc1cc(F)c(F)cc1F. The number of morpholine rings is 1. The lowest BCUT2D eigenvalue weighted by atomic mass is 10.0. The first-order valence-corrected chi connectivity index (χ1v) is 12.0. The van der Waals surface area contributed by atoms with Crippen LogP contribution in [0.15, 0.2) is 42.7 Å². The zero-order chi connectivity index (χ0) is 26.1. The highest BCUT2D eigenvalue weighted by Crippen LogP contribution is 2.28. The molecule has 2 aliphatic heterocycles. The van der Waals surface area contributed by atoms with Crippen LogP contribution in [-0.4, -0.2) is 63.5 Å². The van der Waals surface area contributed by atoms with Crippen molar-refractivity contribution in [2.24, 2.45) is 5.73 Å². The Morgan fingerprint density at radius 3 is 2.51 bits per heavy atom. The summed E-state index contributed by atoms with van der Waals surface area (Å²) in [4.78, 5) is 34.3. The lowest BCUT2D eigenvalue weighted by molar-refractivity contribution is -0.132. The first kappa shape index (κ1) is 25.0. The average molecular weight is 514 g/mol. The molecule has 0 bridgehead atoms. The van der Waals surface area contributed by atoms with Gasteiger partial charge in [0.05, 0.1) is 31.1 Å². The summed E-state index contributed by atoms with van der Waals surface area (Å²) in [6, 6.07) is 7.93. The predicted molar refractivity (Wildman–Crippen MR) is 127 cm³/mol. The number of hydrogen-bond donors (Lipinski definition) is 1. The van der Waals surface area contributed by atoms with Crippen LogP contribution in [0.3, 0.4) is 0 Å². The Hall–Kier alpha value is -3.70. The van der Waals surface area contributed by atoms with E-state index in [2.05, 4.69) is 4.98 Å². The molecule has 2 aromatic carbocycles. The van der Waals surface area contributed by atoms with Gasteiger partial charge in [0.15, 0.2) is 17.3 Å². The second kappa shape index (κ2) is 10.3. The second-order valence-corrected chi connectivity index (χ2v) is 9.22. The summed E-state index contributed by atoms with van der Waals surface area (Å²) in [5, 5.41) is 0. The summed E-state index contributed by atoms with van der Waals surface area (Å²) < 4.78 is 48.1. The highest BCUT2D eigenvalue weighted by atomic mass is 19.2. The monoisotopic (exact) mass is 513 g/mol. The molecule has 1 saturated heterocycles. The van der Waals surface area contributed by atoms with Gasteiger partial charge in [-0.25, -0.2) is 18.2 Å². The van der Waals surface area contributed by atoms with Gasteiger partial charge in [0.25, 0.3) is 5.91 Å². The molecule has 3 aromatic rings. The van der Waals surface area contributed by atoms with Gasteiger partial charge in [-0.3, -0.25) is 9.59 Å². The van der Waals surface area contributed by atoms with E-state index in [-0.39, 0.29) is 49.0 Å². The van der Waals surface area contributed by atoms with E-state index in [1.807, 2.05) is 28.8 Å². The van der Waals surface area contributed by atoms with Gasteiger partial charge < -0.3 is 24.8 Å². The summed E-state index contributed by atoms with van der Waals surface area (Å²) in [6.07, 6.45) is 1.30. The molecular formula is C26H26F3N5O3. The highest BCUT2D eigenvalue weighted by molar-refractivity contribution is 5.94. The molecule has 1 fully saturated rings. The number of amides is 2. The van der Waals surface area contributed by atoms with Gasteiger partial charge in [-0.2, -0.15) is 0 Å². The third-order valence-electron chi connectivity index (χ3n) is 6.68. The minimum atomic E-state index is -1.28. The molecule has 37 heavy (non-hydrogen) atoms. The van der Waals surface area contributed by atoms with Crippen LogP contribution < -0.4 is 5.73 Å². The van der Waals surface area contributed by atoms with E-state index >= 15 is 0 Å². The van der Waals surface area contributed by atoms with Crippen molar-refractivity contribution in [3.63, 3.8) is 0 Å². The third-order valence-corrected chi connectivity index (χ3v) is 6.68. The Bertz CT molecular complexity index is 1340. The van der Waals surface area contributed by atoms with Gasteiger partial charge in [-0.1, -0.05) is 18.2 Å². The van der Waals surface area contributed by atoms with E-state index in [1.165, 1.54) is 0 Å². The van der Waals surface area contributed by atoms with E-state index in [4.69, 9.17) is 10.5 Å². The van der Waals surface area contributed by atoms with Crippen molar-refractivity contribution < 1.29 is 27.5 Å². The lowest BCUT2D eigenvalue weighted by Crippen LogP contribution is -2.41. The first-order valence-electron chi connectivity index (χ1n) is 12.0. The minimum Gasteiger partial charge on any atom is -0.378 e. The van der Waals surface area contributed by atoms with Gasteiger partial charge >= 0.3 is 0 Å². The Morgan fingerprint density at radius 1 is 1.00 bits per heavy atom. The molecule has 0 spiro atoms. The number of nitrogens with zero attached hydrogens (tertiary/aromatic N) is 4. The molecule has 8 nitrogen and oxygen atoms in total. The topological polar surface area (TPSA) is 93.7 Å². The van der Waals surface area contributed by atoms with Gasteiger partial charge in [0.2, 0.25) is 5.91 Å². The van der Waals surface area contributed by atoms with E-state index in [0.29, 0.717) is 38.1 Å². The molecule has 2 aliphatic rings. The fourth-order valence-electron chi connectivity index (χ4n) is 4.75. The number of rotatable bonds is 5. The van der Waals surface area contributed by atoms with Crippen molar-refractivity contribution in [3.05, 3.63) is 82.7 Å². The molecule has 3 heterocycles. The number of fused-ring (bicyclic) bond motifs is 3. The predicted octanol–water partition coefficient (Wildman–Crippen LogP) is 2.56. The molecule has 194 valence electrons. The summed E-state index contributed by atoms with van der Waals surface area (Å²) in [7, 11) is 0. The van der Waals surface area contributed by atoms with Gasteiger partial charge in [0.1, 0.15) is 12.1 Å². The number of benzene rings is 2. The van der Waals surface area contributed by atoms with E-state index in [0.717, 1.165) is 17.3 Å². The fourth-order valence-corrected chi connectivity index (χ4v) is 4.75. The van der Waals surface area contributed by atoms with Crippen molar-refractivity contribution in [2.75, 3.05) is 26.3 Å². The number of para-hydroxylation sites is 1. The van der Waals surface area contributed by atoms with E-state index in [1.54, 1.807) is 16.1 Å². The van der Waals surface area contributed by atoms with Crippen LogP contribution in [0.5, 0.6) is 0 Å². The van der Waals surface area contributed by atoms with Crippen molar-refractivity contribution in [1.29, 1.82) is 0 Å². The van der Waals surface area contributed by atoms with E-state index in [9.17, 15) is 22.8 Å². The Kier molecular flexibility index (Phi) is 6.98. The van der Waals surface area contributed by atoms with Crippen LogP contribution in [-0.2, 0) is 29.0 Å². The largest absolute Gasteiger partial charge is 0.378 e. The Balaban J connectivity index is 1.39. The minimum absolute atomic E-state index is 0.100. The number of imidazole rings is 1. The van der Waals surface area contributed by atoms with Crippen LogP contribution in [0.25, 0.3) is 5.69 Å². The van der Waals surface area contributed by atoms with Crippen LogP contribution in [0.4, 0.5) is 13.2 Å². The fraction of sp³-hybridized carbons (Fsp3) is 0.346. The molecule has 0 radical (unpaired) electrons. The molecule has 11 heteroatoms. The maximum Gasteiger partial charge on any atom is 0.274 e. The first-order chi connectivity index (χ1) is 17.8. The number of ether oxygens (including phenoxy) is 1. The molecule has 2 N–H and O–H groups in total. The van der Waals surface area contributed by atoms with Crippen molar-refractivity contribution in [3.8, 4) is 5.69 Å². The number of hydrogen-bond acceptors (Lipinski definition) is 5. The Labute approximate surface area is 211 Å². The maximum absolute atomic E-state index is 14.1. The normalized spacial score (nSPS) is 16.1. The van der Waals surface area contributed by atoms with E-state index < -0.39 is 23.5 Å². The number of carbonyl (C=O) groups excluding carboxylic acids is 2. The number of halogens is 3. The zero-order valence-corrected chi connectivity index (χ0v) is 20.0. The zero-order valence-electron chi connectivity index (χ0n) is 20.0. The molecule has 0 unspecified atom stereocenters. The standard InChI is InChI=1S/C26H26F3N5O3/c27-19-12-21(29)20(28)10-17(19)9-18(30)11-24(35)33-13-16-3-1-2-4-22(16)34-15-31-25(23(34)14-33)26(36)32-5-7-37-8-6-32/h1-4,10,12,15,18H,5-9,11,13-14,30H2/t18-/m1/s1. The van der Waals surface area contributed by atoms with Gasteiger partial charge in [-0.05, 0) is 29.7 Å². The molecule has 2 amide bonds. The van der Waals surface area contributed by atoms with Crippen molar-refractivity contribution >= 4 is 11.8 Å². The average Bonchev–Trinajstić information content (AvgIpc) is 3.22. The molecule has 5 rings (SSSR count). The smallest absolute Gasteiger partial charge is 0.274 e. The van der Waals surface area contributed by atoms with Crippen LogP contribution in [0.1, 0.15) is 33.7 Å². The third kappa shape index (κ3) is 5.09. The molecule has 0 saturated carbocycles. The highest BCUT2D eigenvalue weighted by Gasteiger charge is 2.31. The molecule has 0 aliphatic carbocycles. The van der Waals surface area contributed by atoms with Crippen molar-refractivity contribution in [1.82, 2.24) is 19.4 Å². The summed E-state index contributed by atoms with van der Waals surface area (Å²) in [6.45, 7) is 2.20. The Morgan fingerprint density at radius 2 is 1.73 bits per heavy atom. The summed E-state index contributed by atoms with van der Waals surface area (Å²) >= 11 is 0. The number of aromatic nitrogens is 2. The number of nitrogens with two attached hydrogens (primary N) is 1. The van der Waals surface area contributed by atoms with Gasteiger partial charge in [-0.15, -0.1) is 0 Å². The van der Waals surface area contributed by atoms with Crippen LogP contribution in [0.2, 0.25) is 0 Å². The second-order valence-electron chi connectivity index (χ2n) is 9.22. The summed E-state index contributed by atoms with van der Waals surface area (Å²) in [5.41, 5.74) is 8.55. The van der Waals surface area contributed by atoms with Gasteiger partial charge in [0, 0.05) is 38.2 Å². The molecular weight excluding hydrogens is 487 g/mol.